The van der Waals surface area contributed by atoms with Crippen LogP contribution in [0.3, 0.4) is 0 Å². The van der Waals surface area contributed by atoms with Crippen LogP contribution in [0.1, 0.15) is 32.6 Å². The van der Waals surface area contributed by atoms with E-state index in [0.717, 1.165) is 24.3 Å². The first-order valence-electron chi connectivity index (χ1n) is 7.83. The number of nitrogens with one attached hydrogen (secondary N) is 1. The zero-order valence-electron chi connectivity index (χ0n) is 12.8. The lowest BCUT2D eigenvalue weighted by Gasteiger charge is -2.26. The Labute approximate surface area is 129 Å². The lowest BCUT2D eigenvalue weighted by molar-refractivity contribution is -0.123. The van der Waals surface area contributed by atoms with E-state index in [2.05, 4.69) is 27.7 Å². The van der Waals surface area contributed by atoms with Gasteiger partial charge in [0, 0.05) is 11.6 Å². The minimum Gasteiger partial charge on any atom is -0.352 e. The number of carbonyl (C=O) groups is 1. The van der Waals surface area contributed by atoms with Crippen molar-refractivity contribution in [2.45, 2.75) is 45.2 Å². The molecule has 116 valence electrons. The highest BCUT2D eigenvalue weighted by Gasteiger charge is 2.20. The second kappa shape index (κ2) is 6.68. The van der Waals surface area contributed by atoms with E-state index in [1.54, 1.807) is 0 Å². The van der Waals surface area contributed by atoms with Crippen LogP contribution < -0.4 is 5.32 Å². The Morgan fingerprint density at radius 3 is 2.68 bits per heavy atom. The van der Waals surface area contributed by atoms with Crippen LogP contribution in [0.2, 0.25) is 0 Å². The number of nitrogens with zero attached hydrogens (tertiary/aromatic N) is 4. The van der Waals surface area contributed by atoms with Crippen LogP contribution in [0.4, 0.5) is 0 Å². The van der Waals surface area contributed by atoms with Gasteiger partial charge in [0.15, 0.2) is 0 Å². The lowest BCUT2D eigenvalue weighted by atomic mass is 9.87. The average molecular weight is 299 g/mol. The van der Waals surface area contributed by atoms with Crippen molar-refractivity contribution in [1.82, 2.24) is 25.5 Å². The van der Waals surface area contributed by atoms with Crippen molar-refractivity contribution in [3.63, 3.8) is 0 Å². The van der Waals surface area contributed by atoms with Gasteiger partial charge in [0.25, 0.3) is 0 Å². The van der Waals surface area contributed by atoms with Gasteiger partial charge < -0.3 is 5.32 Å². The molecule has 3 rings (SSSR count). The highest BCUT2D eigenvalue weighted by atomic mass is 16.2. The summed E-state index contributed by atoms with van der Waals surface area (Å²) in [5.74, 6) is 1.27. The predicted molar refractivity (Wildman–Crippen MR) is 82.8 cm³/mol. The molecular formula is C16H21N5O. The molecule has 1 heterocycles. The molecular weight excluding hydrogens is 278 g/mol. The number of aromatic nitrogens is 4. The fourth-order valence-corrected chi connectivity index (χ4v) is 2.82. The van der Waals surface area contributed by atoms with Crippen molar-refractivity contribution in [3.8, 4) is 11.4 Å². The smallest absolute Gasteiger partial charge is 0.243 e. The Morgan fingerprint density at radius 2 is 1.95 bits per heavy atom. The van der Waals surface area contributed by atoms with Crippen molar-refractivity contribution < 1.29 is 4.79 Å². The number of benzene rings is 1. The molecule has 0 saturated heterocycles. The molecule has 0 bridgehead atoms. The highest BCUT2D eigenvalue weighted by Crippen LogP contribution is 2.23. The van der Waals surface area contributed by atoms with Gasteiger partial charge >= 0.3 is 0 Å². The third-order valence-electron chi connectivity index (χ3n) is 4.15. The quantitative estimate of drug-likeness (QED) is 0.937. The molecule has 0 atom stereocenters. The van der Waals surface area contributed by atoms with E-state index in [4.69, 9.17) is 0 Å². The number of rotatable bonds is 4. The Balaban J connectivity index is 1.55. The van der Waals surface area contributed by atoms with Gasteiger partial charge in [0.05, 0.1) is 0 Å². The van der Waals surface area contributed by atoms with E-state index in [0.29, 0.717) is 11.9 Å². The number of amides is 1. The Bertz CT molecular complexity index is 616. The van der Waals surface area contributed by atoms with Crippen LogP contribution in [0.5, 0.6) is 0 Å². The first-order chi connectivity index (χ1) is 10.7. The van der Waals surface area contributed by atoms with E-state index in [1.165, 1.54) is 17.6 Å². The summed E-state index contributed by atoms with van der Waals surface area (Å²) in [6.45, 7) is 2.38. The lowest BCUT2D eigenvalue weighted by Crippen LogP contribution is -2.39. The molecule has 0 spiro atoms. The molecule has 0 radical (unpaired) electrons. The van der Waals surface area contributed by atoms with Gasteiger partial charge in [0.2, 0.25) is 11.7 Å². The second-order valence-electron chi connectivity index (χ2n) is 6.03. The molecule has 1 aliphatic carbocycles. The van der Waals surface area contributed by atoms with Crippen LogP contribution in [0, 0.1) is 5.92 Å². The first-order valence-corrected chi connectivity index (χ1v) is 7.83. The van der Waals surface area contributed by atoms with Crippen molar-refractivity contribution in [2.24, 2.45) is 5.92 Å². The number of carbonyl (C=O) groups excluding carboxylic acids is 1. The van der Waals surface area contributed by atoms with Gasteiger partial charge in [-0.25, -0.2) is 0 Å². The van der Waals surface area contributed by atoms with Crippen LogP contribution >= 0.6 is 0 Å². The Kier molecular flexibility index (Phi) is 4.46. The van der Waals surface area contributed by atoms with Gasteiger partial charge in [0.1, 0.15) is 6.54 Å². The normalized spacial score (nSPS) is 21.5. The van der Waals surface area contributed by atoms with Crippen LogP contribution in [0.25, 0.3) is 11.4 Å². The van der Waals surface area contributed by atoms with Crippen LogP contribution in [-0.2, 0) is 11.3 Å². The molecule has 6 nitrogen and oxygen atoms in total. The molecule has 1 aromatic heterocycles. The van der Waals surface area contributed by atoms with Crippen LogP contribution in [0.15, 0.2) is 30.3 Å². The summed E-state index contributed by atoms with van der Waals surface area (Å²) >= 11 is 0. The summed E-state index contributed by atoms with van der Waals surface area (Å²) < 4.78 is 0. The summed E-state index contributed by atoms with van der Waals surface area (Å²) in [6, 6.07) is 9.92. The van der Waals surface area contributed by atoms with E-state index in [9.17, 15) is 4.79 Å². The number of hydrogen-bond donors (Lipinski definition) is 1. The molecule has 1 amide bonds. The summed E-state index contributed by atoms with van der Waals surface area (Å²) in [5, 5.41) is 15.3. The van der Waals surface area contributed by atoms with Gasteiger partial charge in [-0.2, -0.15) is 4.80 Å². The van der Waals surface area contributed by atoms with Crippen molar-refractivity contribution in [1.29, 1.82) is 0 Å². The van der Waals surface area contributed by atoms with E-state index < -0.39 is 0 Å². The molecule has 0 aliphatic heterocycles. The maximum absolute atomic E-state index is 12.1. The summed E-state index contributed by atoms with van der Waals surface area (Å²) in [7, 11) is 0. The predicted octanol–water partition coefficient (Wildman–Crippen LogP) is 2.03. The Hall–Kier alpha value is -2.24. The zero-order chi connectivity index (χ0) is 15.4. The van der Waals surface area contributed by atoms with Crippen molar-refractivity contribution in [3.05, 3.63) is 30.3 Å². The van der Waals surface area contributed by atoms with E-state index in [1.807, 2.05) is 30.3 Å². The maximum atomic E-state index is 12.1. The van der Waals surface area contributed by atoms with E-state index in [-0.39, 0.29) is 12.5 Å². The molecule has 1 fully saturated rings. The fraction of sp³-hybridized carbons (Fsp3) is 0.500. The maximum Gasteiger partial charge on any atom is 0.243 e. The monoisotopic (exact) mass is 299 g/mol. The zero-order valence-corrected chi connectivity index (χ0v) is 12.8. The molecule has 1 aliphatic rings. The van der Waals surface area contributed by atoms with Crippen molar-refractivity contribution in [2.75, 3.05) is 0 Å². The van der Waals surface area contributed by atoms with Gasteiger partial charge in [-0.05, 0) is 36.8 Å². The summed E-state index contributed by atoms with van der Waals surface area (Å²) in [6.07, 6.45) is 4.50. The third-order valence-corrected chi connectivity index (χ3v) is 4.15. The largest absolute Gasteiger partial charge is 0.352 e. The second-order valence-corrected chi connectivity index (χ2v) is 6.03. The van der Waals surface area contributed by atoms with E-state index >= 15 is 0 Å². The molecule has 0 unspecified atom stereocenters. The summed E-state index contributed by atoms with van der Waals surface area (Å²) in [5.41, 5.74) is 0.899. The molecule has 6 heteroatoms. The average Bonchev–Trinajstić information content (AvgIpc) is 2.99. The number of hydrogen-bond acceptors (Lipinski definition) is 4. The topological polar surface area (TPSA) is 72.7 Å². The standard InChI is InChI=1S/C16H21N5O/c1-12-7-9-14(10-8-12)17-15(22)11-21-19-16(18-20-21)13-5-3-2-4-6-13/h2-6,12,14H,7-11H2,1H3,(H,17,22). The summed E-state index contributed by atoms with van der Waals surface area (Å²) in [4.78, 5) is 13.4. The molecule has 1 aromatic carbocycles. The third kappa shape index (κ3) is 3.69. The van der Waals surface area contributed by atoms with Crippen LogP contribution in [-0.4, -0.2) is 32.2 Å². The van der Waals surface area contributed by atoms with Gasteiger partial charge in [-0.1, -0.05) is 37.3 Å². The number of tetrazole rings is 1. The molecule has 1 N–H and O–H groups in total. The highest BCUT2D eigenvalue weighted by molar-refractivity contribution is 5.75. The minimum atomic E-state index is -0.0448. The SMILES string of the molecule is CC1CCC(NC(=O)Cn2nnc(-c3ccccc3)n2)CC1. The fourth-order valence-electron chi connectivity index (χ4n) is 2.82. The minimum absolute atomic E-state index is 0.0448. The molecule has 22 heavy (non-hydrogen) atoms. The molecule has 2 aromatic rings. The van der Waals surface area contributed by atoms with Gasteiger partial charge in [-0.3, -0.25) is 4.79 Å². The van der Waals surface area contributed by atoms with Crippen molar-refractivity contribution >= 4 is 5.91 Å². The Morgan fingerprint density at radius 1 is 1.23 bits per heavy atom. The van der Waals surface area contributed by atoms with Gasteiger partial charge in [-0.15, -0.1) is 10.2 Å². The molecule has 1 saturated carbocycles. The first kappa shape index (κ1) is 14.7.